The van der Waals surface area contributed by atoms with Crippen molar-refractivity contribution in [1.29, 1.82) is 0 Å². The van der Waals surface area contributed by atoms with Gasteiger partial charge in [0.15, 0.2) is 0 Å². The molecule has 0 aliphatic carbocycles. The maximum atomic E-state index is 12.7. The van der Waals surface area contributed by atoms with Crippen molar-refractivity contribution in [3.63, 3.8) is 0 Å². The number of methoxy groups -OCH3 is 2. The van der Waals surface area contributed by atoms with Crippen LogP contribution >= 0.6 is 0 Å². The number of H-pyrrole nitrogens is 1. The Morgan fingerprint density at radius 2 is 1.86 bits per heavy atom. The van der Waals surface area contributed by atoms with Crippen LogP contribution in [0.3, 0.4) is 0 Å². The number of carbonyl (C=O) groups excluding carboxylic acids is 1. The van der Waals surface area contributed by atoms with Crippen LogP contribution in [0, 0.1) is 0 Å². The van der Waals surface area contributed by atoms with Gasteiger partial charge in [-0.3, -0.25) is 10.2 Å². The molecule has 2 aliphatic rings. The summed E-state index contributed by atoms with van der Waals surface area (Å²) in [6.45, 7) is 1.40. The van der Waals surface area contributed by atoms with Crippen LogP contribution in [0.15, 0.2) is 36.4 Å². The number of carbonyl (C=O) groups is 1. The van der Waals surface area contributed by atoms with Gasteiger partial charge in [0.1, 0.15) is 17.3 Å². The average molecular weight is 480 g/mol. The van der Waals surface area contributed by atoms with E-state index >= 15 is 0 Å². The number of aromatic amines is 1. The van der Waals surface area contributed by atoms with Crippen molar-refractivity contribution in [2.75, 3.05) is 27.4 Å². The van der Waals surface area contributed by atoms with E-state index in [9.17, 15) is 4.79 Å². The molecule has 2 unspecified atom stereocenters. The molecular weight excluding hydrogens is 446 g/mol. The Kier molecular flexibility index (Phi) is 7.17. The largest absolute Gasteiger partial charge is 0.497 e. The Morgan fingerprint density at radius 1 is 1.09 bits per heavy atom. The first-order valence-electron chi connectivity index (χ1n) is 12.2. The number of nitrogens with one attached hydrogen (secondary N) is 4. The number of ether oxygens (including phenoxy) is 3. The topological polar surface area (TPSA) is 110 Å². The second-order valence-corrected chi connectivity index (χ2v) is 9.25. The van der Waals surface area contributed by atoms with E-state index in [0.29, 0.717) is 24.8 Å². The van der Waals surface area contributed by atoms with Gasteiger partial charge in [0.25, 0.3) is 5.91 Å². The number of benzene rings is 2. The minimum atomic E-state index is -0.0511. The number of amides is 1. The molecular formula is C26H33N5O4. The molecule has 4 N–H and O–H groups in total. The van der Waals surface area contributed by atoms with Gasteiger partial charge in [-0.25, -0.2) is 10.4 Å². The number of nitrogens with zero attached hydrogens (tertiary/aromatic N) is 1. The highest BCUT2D eigenvalue weighted by atomic mass is 16.5. The van der Waals surface area contributed by atoms with Gasteiger partial charge in [-0.2, -0.15) is 0 Å². The SMILES string of the molecule is COc1cc(CCC2CC(c3nc4ccc(C(=O)NC5CCOCC5)cc4[nH]3)NN2)cc(OC)c1. The monoisotopic (exact) mass is 479 g/mol. The highest BCUT2D eigenvalue weighted by Crippen LogP contribution is 2.27. The lowest BCUT2D eigenvalue weighted by atomic mass is 10.0. The molecule has 186 valence electrons. The standard InChI is InChI=1S/C26H33N5O4/c1-33-20-11-16(12-21(15-20)34-2)3-5-19-14-24(31-30-19)25-28-22-6-4-17(13-23(22)29-25)26(32)27-18-7-9-35-10-8-18/h4,6,11-13,15,18-19,24,30-31H,3,5,7-10,14H2,1-2H3,(H,27,32)(H,28,29). The Morgan fingerprint density at radius 3 is 2.60 bits per heavy atom. The first-order valence-corrected chi connectivity index (χ1v) is 12.2. The molecule has 1 aromatic heterocycles. The number of fused-ring (bicyclic) bond motifs is 1. The van der Waals surface area contributed by atoms with Crippen LogP contribution in [-0.2, 0) is 11.2 Å². The summed E-state index contributed by atoms with van der Waals surface area (Å²) in [5.74, 6) is 2.43. The van der Waals surface area contributed by atoms with Crippen LogP contribution in [0.2, 0.25) is 0 Å². The van der Waals surface area contributed by atoms with Crippen molar-refractivity contribution in [3.05, 3.63) is 53.3 Å². The van der Waals surface area contributed by atoms with Crippen LogP contribution in [0.5, 0.6) is 11.5 Å². The van der Waals surface area contributed by atoms with Crippen LogP contribution in [0.4, 0.5) is 0 Å². The maximum absolute atomic E-state index is 12.7. The summed E-state index contributed by atoms with van der Waals surface area (Å²) in [6.07, 6.45) is 4.50. The Balaban J connectivity index is 1.20. The van der Waals surface area contributed by atoms with Crippen molar-refractivity contribution >= 4 is 16.9 Å². The predicted molar refractivity (Wildman–Crippen MR) is 133 cm³/mol. The normalized spacial score (nSPS) is 20.7. The van der Waals surface area contributed by atoms with Gasteiger partial charge in [-0.05, 0) is 68.0 Å². The number of hydrazine groups is 1. The minimum Gasteiger partial charge on any atom is -0.497 e. The Bertz CT molecular complexity index is 1150. The molecule has 3 heterocycles. The zero-order valence-corrected chi connectivity index (χ0v) is 20.2. The van der Waals surface area contributed by atoms with Gasteiger partial charge in [-0.15, -0.1) is 0 Å². The summed E-state index contributed by atoms with van der Waals surface area (Å²) < 4.78 is 16.1. The summed E-state index contributed by atoms with van der Waals surface area (Å²) in [5, 5.41) is 3.12. The summed E-state index contributed by atoms with van der Waals surface area (Å²) in [6, 6.07) is 12.2. The first-order chi connectivity index (χ1) is 17.1. The number of hydrogen-bond donors (Lipinski definition) is 4. The number of aryl methyl sites for hydroxylation is 1. The van der Waals surface area contributed by atoms with Crippen LogP contribution in [-0.4, -0.2) is 55.4 Å². The highest BCUT2D eigenvalue weighted by Gasteiger charge is 2.27. The van der Waals surface area contributed by atoms with E-state index < -0.39 is 0 Å². The van der Waals surface area contributed by atoms with Crippen molar-refractivity contribution in [1.82, 2.24) is 26.1 Å². The van der Waals surface area contributed by atoms with E-state index in [1.165, 1.54) is 5.56 Å². The molecule has 5 rings (SSSR count). The quantitative estimate of drug-likeness (QED) is 0.393. The van der Waals surface area contributed by atoms with E-state index in [-0.39, 0.29) is 18.0 Å². The predicted octanol–water partition coefficient (Wildman–Crippen LogP) is 3.03. The van der Waals surface area contributed by atoms with Crippen LogP contribution in [0.1, 0.15) is 53.5 Å². The fourth-order valence-electron chi connectivity index (χ4n) is 4.79. The van der Waals surface area contributed by atoms with E-state index in [1.54, 1.807) is 14.2 Å². The molecule has 0 saturated carbocycles. The lowest BCUT2D eigenvalue weighted by Gasteiger charge is -2.23. The first kappa shape index (κ1) is 23.6. The molecule has 9 nitrogen and oxygen atoms in total. The number of aromatic nitrogens is 2. The van der Waals surface area contributed by atoms with Gasteiger partial charge in [0, 0.05) is 36.9 Å². The molecule has 2 saturated heterocycles. The second-order valence-electron chi connectivity index (χ2n) is 9.25. The van der Waals surface area contributed by atoms with Gasteiger partial charge in [-0.1, -0.05) is 0 Å². The van der Waals surface area contributed by atoms with E-state index in [0.717, 1.165) is 60.5 Å². The van der Waals surface area contributed by atoms with Crippen molar-refractivity contribution in [3.8, 4) is 11.5 Å². The van der Waals surface area contributed by atoms with Gasteiger partial charge in [0.2, 0.25) is 0 Å². The smallest absolute Gasteiger partial charge is 0.251 e. The highest BCUT2D eigenvalue weighted by molar-refractivity contribution is 5.97. The second kappa shape index (κ2) is 10.6. The molecule has 0 spiro atoms. The third-order valence-corrected chi connectivity index (χ3v) is 6.82. The van der Waals surface area contributed by atoms with E-state index in [4.69, 9.17) is 19.2 Å². The van der Waals surface area contributed by atoms with Gasteiger partial charge < -0.3 is 24.5 Å². The van der Waals surface area contributed by atoms with Crippen molar-refractivity contribution in [2.24, 2.45) is 0 Å². The molecule has 35 heavy (non-hydrogen) atoms. The maximum Gasteiger partial charge on any atom is 0.251 e. The molecule has 2 aliphatic heterocycles. The molecule has 0 bridgehead atoms. The third-order valence-electron chi connectivity index (χ3n) is 6.82. The molecule has 0 radical (unpaired) electrons. The van der Waals surface area contributed by atoms with E-state index in [1.807, 2.05) is 24.3 Å². The molecule has 9 heteroatoms. The van der Waals surface area contributed by atoms with Crippen molar-refractivity contribution < 1.29 is 19.0 Å². The average Bonchev–Trinajstić information content (AvgIpc) is 3.54. The lowest BCUT2D eigenvalue weighted by molar-refractivity contribution is 0.0696. The fraction of sp³-hybridized carbons (Fsp3) is 0.462. The molecule has 3 aromatic rings. The van der Waals surface area contributed by atoms with Crippen molar-refractivity contribution in [2.45, 2.75) is 50.2 Å². The fourth-order valence-corrected chi connectivity index (χ4v) is 4.79. The van der Waals surface area contributed by atoms with Crippen LogP contribution < -0.4 is 25.6 Å². The molecule has 2 fully saturated rings. The minimum absolute atomic E-state index is 0.0511. The lowest BCUT2D eigenvalue weighted by Crippen LogP contribution is -2.38. The number of imidazole rings is 1. The molecule has 2 aromatic carbocycles. The van der Waals surface area contributed by atoms with Gasteiger partial charge in [0.05, 0.1) is 31.3 Å². The van der Waals surface area contributed by atoms with Gasteiger partial charge >= 0.3 is 0 Å². The summed E-state index contributed by atoms with van der Waals surface area (Å²) >= 11 is 0. The number of hydrogen-bond acceptors (Lipinski definition) is 7. The molecule has 2 atom stereocenters. The van der Waals surface area contributed by atoms with Crippen LogP contribution in [0.25, 0.3) is 11.0 Å². The van der Waals surface area contributed by atoms with E-state index in [2.05, 4.69) is 33.3 Å². The Labute approximate surface area is 204 Å². The Hall–Kier alpha value is -3.14. The molecule has 1 amide bonds. The number of rotatable bonds is 8. The zero-order chi connectivity index (χ0) is 24.2. The summed E-state index contributed by atoms with van der Waals surface area (Å²) in [5.41, 5.74) is 10.3. The summed E-state index contributed by atoms with van der Waals surface area (Å²) in [4.78, 5) is 20.9. The summed E-state index contributed by atoms with van der Waals surface area (Å²) in [7, 11) is 3.33. The third kappa shape index (κ3) is 5.58. The zero-order valence-electron chi connectivity index (χ0n) is 20.2.